The van der Waals surface area contributed by atoms with Gasteiger partial charge in [-0.25, -0.2) is 0 Å². The van der Waals surface area contributed by atoms with Gasteiger partial charge in [0.05, 0.1) is 11.6 Å². The molecular formula is C19H22N2O2. The van der Waals surface area contributed by atoms with E-state index in [-0.39, 0.29) is 17.2 Å². The summed E-state index contributed by atoms with van der Waals surface area (Å²) >= 11 is 0. The van der Waals surface area contributed by atoms with E-state index in [1.54, 1.807) is 0 Å². The number of nitrogens with zero attached hydrogens (tertiary/aromatic N) is 2. The molecule has 120 valence electrons. The molecule has 2 atom stereocenters. The van der Waals surface area contributed by atoms with Crippen molar-refractivity contribution in [1.29, 1.82) is 0 Å². The zero-order chi connectivity index (χ0) is 16.0. The molecule has 0 unspecified atom stereocenters. The first-order valence-corrected chi connectivity index (χ1v) is 8.37. The van der Waals surface area contributed by atoms with Crippen LogP contribution in [0, 0.1) is 11.3 Å². The van der Waals surface area contributed by atoms with Crippen molar-refractivity contribution in [3.8, 4) is 0 Å². The Hall–Kier alpha value is -1.94. The van der Waals surface area contributed by atoms with E-state index in [1.807, 2.05) is 42.2 Å². The van der Waals surface area contributed by atoms with E-state index in [1.165, 1.54) is 0 Å². The second kappa shape index (κ2) is 5.31. The number of aliphatic hydroxyl groups is 1. The molecule has 1 aliphatic heterocycles. The van der Waals surface area contributed by atoms with Crippen LogP contribution in [0.1, 0.15) is 25.5 Å². The Bertz CT molecular complexity index is 754. The van der Waals surface area contributed by atoms with Crippen molar-refractivity contribution < 1.29 is 9.90 Å². The molecule has 1 aromatic carbocycles. The number of likely N-dealkylation sites (tertiary alicyclic amines) is 1. The van der Waals surface area contributed by atoms with Crippen molar-refractivity contribution >= 4 is 16.8 Å². The number of aliphatic hydroxyl groups excluding tert-OH is 1. The van der Waals surface area contributed by atoms with Gasteiger partial charge in [0.15, 0.2) is 0 Å². The molecule has 4 nitrogen and oxygen atoms in total. The SMILES string of the molecule is CC1(C(=O)N2C[C@@H](Cc3ccc4ccccc4n3)[C@H](O)C2)CC1. The minimum atomic E-state index is -0.449. The molecule has 1 N–H and O–H groups in total. The molecule has 23 heavy (non-hydrogen) atoms. The summed E-state index contributed by atoms with van der Waals surface area (Å²) in [7, 11) is 0. The molecule has 2 aromatic rings. The average Bonchev–Trinajstić information content (AvgIpc) is 3.21. The van der Waals surface area contributed by atoms with Gasteiger partial charge in [-0.3, -0.25) is 9.78 Å². The van der Waals surface area contributed by atoms with Crippen molar-refractivity contribution in [3.63, 3.8) is 0 Å². The number of hydrogen-bond donors (Lipinski definition) is 1. The Balaban J connectivity index is 1.48. The van der Waals surface area contributed by atoms with Gasteiger partial charge in [0.1, 0.15) is 0 Å². The first kappa shape index (κ1) is 14.6. The molecule has 2 aliphatic rings. The van der Waals surface area contributed by atoms with Crippen LogP contribution in [0.5, 0.6) is 0 Å². The van der Waals surface area contributed by atoms with E-state index in [0.29, 0.717) is 19.5 Å². The molecule has 1 aromatic heterocycles. The zero-order valence-corrected chi connectivity index (χ0v) is 13.4. The molecule has 4 rings (SSSR count). The van der Waals surface area contributed by atoms with Gasteiger partial charge < -0.3 is 10.0 Å². The second-order valence-corrected chi connectivity index (χ2v) is 7.30. The van der Waals surface area contributed by atoms with Gasteiger partial charge in [0.2, 0.25) is 5.91 Å². The number of carbonyl (C=O) groups excluding carboxylic acids is 1. The van der Waals surface area contributed by atoms with E-state index in [4.69, 9.17) is 0 Å². The highest BCUT2D eigenvalue weighted by Crippen LogP contribution is 2.47. The largest absolute Gasteiger partial charge is 0.391 e. The van der Waals surface area contributed by atoms with Gasteiger partial charge in [-0.2, -0.15) is 0 Å². The number of aromatic nitrogens is 1. The van der Waals surface area contributed by atoms with Crippen LogP contribution in [-0.4, -0.2) is 40.1 Å². The number of fused-ring (bicyclic) bond motifs is 1. The van der Waals surface area contributed by atoms with E-state index >= 15 is 0 Å². The van der Waals surface area contributed by atoms with E-state index in [9.17, 15) is 9.90 Å². The van der Waals surface area contributed by atoms with Crippen LogP contribution >= 0.6 is 0 Å². The Morgan fingerprint density at radius 1 is 1.26 bits per heavy atom. The van der Waals surface area contributed by atoms with Gasteiger partial charge in [0, 0.05) is 35.5 Å². The molecule has 0 bridgehead atoms. The zero-order valence-electron chi connectivity index (χ0n) is 13.4. The number of para-hydroxylation sites is 1. The van der Waals surface area contributed by atoms with Crippen molar-refractivity contribution in [2.45, 2.75) is 32.3 Å². The Morgan fingerprint density at radius 2 is 2.04 bits per heavy atom. The monoisotopic (exact) mass is 310 g/mol. The van der Waals surface area contributed by atoms with Crippen LogP contribution in [0.2, 0.25) is 0 Å². The molecule has 1 aliphatic carbocycles. The first-order valence-electron chi connectivity index (χ1n) is 8.37. The summed E-state index contributed by atoms with van der Waals surface area (Å²) in [4.78, 5) is 19.0. The lowest BCUT2D eigenvalue weighted by molar-refractivity contribution is -0.135. The summed E-state index contributed by atoms with van der Waals surface area (Å²) in [5, 5.41) is 11.5. The maximum atomic E-state index is 12.4. The van der Waals surface area contributed by atoms with E-state index in [0.717, 1.165) is 29.4 Å². The highest BCUT2D eigenvalue weighted by atomic mass is 16.3. The molecule has 0 radical (unpaired) electrons. The van der Waals surface area contributed by atoms with Crippen LogP contribution in [0.25, 0.3) is 10.9 Å². The van der Waals surface area contributed by atoms with Gasteiger partial charge in [0.25, 0.3) is 0 Å². The minimum Gasteiger partial charge on any atom is -0.391 e. The number of benzene rings is 1. The number of carbonyl (C=O) groups is 1. The summed E-state index contributed by atoms with van der Waals surface area (Å²) in [5.74, 6) is 0.292. The third-order valence-electron chi connectivity index (χ3n) is 5.34. The third kappa shape index (κ3) is 2.72. The topological polar surface area (TPSA) is 53.4 Å². The molecule has 0 spiro atoms. The van der Waals surface area contributed by atoms with Crippen LogP contribution in [0.3, 0.4) is 0 Å². The van der Waals surface area contributed by atoms with Gasteiger partial charge in [-0.1, -0.05) is 31.2 Å². The number of β-amino-alcohol motifs (C(OH)–C–C–N with tert-alkyl or cyclic N) is 1. The molecule has 2 fully saturated rings. The smallest absolute Gasteiger partial charge is 0.228 e. The fraction of sp³-hybridized carbons (Fsp3) is 0.474. The summed E-state index contributed by atoms with van der Waals surface area (Å²) in [5.41, 5.74) is 1.81. The number of amides is 1. The van der Waals surface area contributed by atoms with Crippen LogP contribution in [-0.2, 0) is 11.2 Å². The second-order valence-electron chi connectivity index (χ2n) is 7.30. The van der Waals surface area contributed by atoms with Gasteiger partial charge in [-0.05, 0) is 31.4 Å². The fourth-order valence-corrected chi connectivity index (χ4v) is 3.49. The van der Waals surface area contributed by atoms with Crippen molar-refractivity contribution in [2.24, 2.45) is 11.3 Å². The number of rotatable bonds is 3. The number of pyridine rings is 1. The van der Waals surface area contributed by atoms with Gasteiger partial charge in [-0.15, -0.1) is 0 Å². The lowest BCUT2D eigenvalue weighted by Crippen LogP contribution is -2.35. The molecule has 1 amide bonds. The summed E-state index contributed by atoms with van der Waals surface area (Å²) in [6.07, 6.45) is 2.23. The Labute approximate surface area is 136 Å². The summed E-state index contributed by atoms with van der Waals surface area (Å²) in [6.45, 7) is 3.14. The lowest BCUT2D eigenvalue weighted by Gasteiger charge is -2.20. The van der Waals surface area contributed by atoms with Crippen LogP contribution in [0.15, 0.2) is 36.4 Å². The first-order chi connectivity index (χ1) is 11.0. The highest BCUT2D eigenvalue weighted by molar-refractivity contribution is 5.85. The molecule has 1 saturated heterocycles. The summed E-state index contributed by atoms with van der Waals surface area (Å²) in [6, 6.07) is 12.2. The predicted molar refractivity (Wildman–Crippen MR) is 88.9 cm³/mol. The minimum absolute atomic E-state index is 0.0787. The standard InChI is InChI=1S/C19H22N2O2/c1-19(8-9-19)18(23)21-11-14(17(22)12-21)10-15-7-6-13-4-2-3-5-16(13)20-15/h2-7,14,17,22H,8-12H2,1H3/t14-,17-/m1/s1. The average molecular weight is 310 g/mol. The quantitative estimate of drug-likeness (QED) is 0.947. The maximum Gasteiger partial charge on any atom is 0.228 e. The third-order valence-corrected chi connectivity index (χ3v) is 5.34. The molecule has 1 saturated carbocycles. The summed E-state index contributed by atoms with van der Waals surface area (Å²) < 4.78 is 0. The lowest BCUT2D eigenvalue weighted by atomic mass is 9.99. The fourth-order valence-electron chi connectivity index (χ4n) is 3.49. The highest BCUT2D eigenvalue weighted by Gasteiger charge is 2.49. The predicted octanol–water partition coefficient (Wildman–Crippen LogP) is 2.40. The molecular weight excluding hydrogens is 288 g/mol. The number of hydrogen-bond acceptors (Lipinski definition) is 3. The molecule has 4 heteroatoms. The van der Waals surface area contributed by atoms with Crippen molar-refractivity contribution in [1.82, 2.24) is 9.88 Å². The van der Waals surface area contributed by atoms with E-state index in [2.05, 4.69) is 11.1 Å². The normalized spacial score (nSPS) is 25.7. The maximum absolute atomic E-state index is 12.4. The Morgan fingerprint density at radius 3 is 2.83 bits per heavy atom. The van der Waals surface area contributed by atoms with Crippen LogP contribution in [0.4, 0.5) is 0 Å². The van der Waals surface area contributed by atoms with Crippen LogP contribution < -0.4 is 0 Å². The van der Waals surface area contributed by atoms with Crippen molar-refractivity contribution in [2.75, 3.05) is 13.1 Å². The Kier molecular flexibility index (Phi) is 3.38. The van der Waals surface area contributed by atoms with E-state index < -0.39 is 6.10 Å². The molecule has 2 heterocycles. The van der Waals surface area contributed by atoms with Crippen molar-refractivity contribution in [3.05, 3.63) is 42.1 Å². The van der Waals surface area contributed by atoms with Gasteiger partial charge >= 0.3 is 0 Å².